The van der Waals surface area contributed by atoms with Crippen molar-refractivity contribution in [1.82, 2.24) is 0 Å². The van der Waals surface area contributed by atoms with Gasteiger partial charge in [-0.05, 0) is 83.1 Å². The Kier molecular flexibility index (Phi) is 18.9. The molecule has 0 amide bonds. The van der Waals surface area contributed by atoms with Gasteiger partial charge in [-0.3, -0.25) is 0 Å². The molecule has 308 valence electrons. The Morgan fingerprint density at radius 3 is 0.661 bits per heavy atom. The van der Waals surface area contributed by atoms with Crippen LogP contribution in [-0.2, 0) is 18.9 Å². The molecule has 4 bridgehead atoms. The molecule has 0 aromatic carbocycles. The summed E-state index contributed by atoms with van der Waals surface area (Å²) in [5, 5.41) is -0.115. The van der Waals surface area contributed by atoms with Gasteiger partial charge in [-0.2, -0.15) is 0 Å². The van der Waals surface area contributed by atoms with E-state index in [-0.39, 0.29) is 45.0 Å². The Morgan fingerprint density at radius 1 is 0.321 bits per heavy atom. The molecule has 0 fully saturated rings. The minimum absolute atomic E-state index is 0.0288. The molecule has 3 rings (SSSR count). The first-order chi connectivity index (χ1) is 25.7. The summed E-state index contributed by atoms with van der Waals surface area (Å²) in [6, 6.07) is 0. The zero-order valence-electron chi connectivity index (χ0n) is 37.5. The fourth-order valence-electron chi connectivity index (χ4n) is 7.08. The first kappa shape index (κ1) is 50.6. The summed E-state index contributed by atoms with van der Waals surface area (Å²) in [4.78, 5) is 0. The molecule has 12 heteroatoms. The molecule has 0 spiro atoms. The first-order valence-corrected chi connectivity index (χ1v) is 29.8. The molecule has 0 aromatic rings. The van der Waals surface area contributed by atoms with E-state index in [0.29, 0.717) is 26.4 Å². The summed E-state index contributed by atoms with van der Waals surface area (Å²) in [5.41, 5.74) is 0. The Balaban J connectivity index is 1.92. The van der Waals surface area contributed by atoms with Crippen molar-refractivity contribution in [3.8, 4) is 0 Å². The summed E-state index contributed by atoms with van der Waals surface area (Å²) in [6.07, 6.45) is 31.6. The van der Waals surface area contributed by atoms with Crippen LogP contribution in [0.1, 0.15) is 83.1 Å². The number of hydrogen-bond donors (Lipinski definition) is 0. The molecule has 4 nitrogen and oxygen atoms in total. The van der Waals surface area contributed by atoms with Crippen molar-refractivity contribution in [3.63, 3.8) is 0 Å². The minimum atomic E-state index is -1.93. The molecule has 3 aliphatic rings. The van der Waals surface area contributed by atoms with Crippen molar-refractivity contribution in [3.05, 3.63) is 72.9 Å². The third-order valence-corrected chi connectivity index (χ3v) is 32.2. The second-order valence-electron chi connectivity index (χ2n) is 20.3. The highest BCUT2D eigenvalue weighted by Gasteiger charge is 2.40. The highest BCUT2D eigenvalue weighted by molar-refractivity contribution is 8.02. The zero-order valence-corrected chi connectivity index (χ0v) is 41.0. The molecule has 0 saturated heterocycles. The van der Waals surface area contributed by atoms with Gasteiger partial charge >= 0.3 is 0 Å². The normalized spacial score (nSPS) is 39.4. The Labute approximate surface area is 353 Å². The highest BCUT2D eigenvalue weighted by Crippen LogP contribution is 2.72. The van der Waals surface area contributed by atoms with Gasteiger partial charge in [0.15, 0.2) is 0 Å². The first-order valence-electron chi connectivity index (χ1n) is 20.9. The molecule has 0 saturated carbocycles. The molecular weight excluding hydrogens is 760 g/mol. The van der Waals surface area contributed by atoms with Gasteiger partial charge in [0.2, 0.25) is 0 Å². The Hall–Kier alpha value is 0.260. The van der Waals surface area contributed by atoms with Gasteiger partial charge in [0.1, 0.15) is 0 Å². The van der Waals surface area contributed by atoms with Gasteiger partial charge in [-0.15, -0.1) is 0 Å². The van der Waals surface area contributed by atoms with E-state index < -0.39 is 28.6 Å². The van der Waals surface area contributed by atoms with Crippen LogP contribution in [0.5, 0.6) is 0 Å². The van der Waals surface area contributed by atoms with Gasteiger partial charge in [0.05, 0.1) is 50.8 Å². The predicted molar refractivity (Wildman–Crippen MR) is 262 cm³/mol. The lowest BCUT2D eigenvalue weighted by atomic mass is 10.2. The monoisotopic (exact) mass is 837 g/mol. The van der Waals surface area contributed by atoms with E-state index >= 15 is 0 Å². The predicted octanol–water partition coefficient (Wildman–Crippen LogP) is 10.5. The summed E-state index contributed by atoms with van der Waals surface area (Å²) < 4.78 is 26.1. The molecule has 1 aliphatic heterocycles. The fraction of sp³-hybridized carbons (Fsp3) is 0.727. The molecule has 12 radical (unpaired) electrons. The average molecular weight is 836 g/mol. The highest BCUT2D eigenvalue weighted by atomic mass is 31.2. The van der Waals surface area contributed by atoms with Gasteiger partial charge in [-0.25, -0.2) is 28.6 Å². The Morgan fingerprint density at radius 2 is 0.500 bits per heavy atom. The lowest BCUT2D eigenvalue weighted by molar-refractivity contribution is 0.118. The van der Waals surface area contributed by atoms with Crippen LogP contribution in [0, 0.1) is 0 Å². The fourth-order valence-corrected chi connectivity index (χ4v) is 20.8. The standard InChI is InChI=1S/C44H76B4O4P4/c1-41(2,3)53(45)29-25-49-37-17-13-14-18-38(22-21-37)51-27-31-55(47,43(7,8)9)35-36-56(48,44(10,11)12)32-28-52-40-20-16-15-19-39(23-24-40)50-26-30-54(46,34-33-53)42(4,5)6/h13-24,37-40H,25-36H2,1-12H3/b17-13-,18-14-,19-15-,20-16-,22-21-,24-23-. The second kappa shape index (κ2) is 20.9. The lowest BCUT2D eigenvalue weighted by Gasteiger charge is -2.53. The van der Waals surface area contributed by atoms with Gasteiger partial charge in [-0.1, -0.05) is 72.9 Å². The minimum Gasteiger partial charge on any atom is -0.366 e. The van der Waals surface area contributed by atoms with Crippen LogP contribution in [0.15, 0.2) is 72.9 Å². The zero-order chi connectivity index (χ0) is 42.1. The van der Waals surface area contributed by atoms with E-state index in [9.17, 15) is 0 Å². The summed E-state index contributed by atoms with van der Waals surface area (Å²) >= 11 is 0. The van der Waals surface area contributed by atoms with Crippen molar-refractivity contribution in [2.45, 2.75) is 128 Å². The van der Waals surface area contributed by atoms with E-state index in [1.165, 1.54) is 0 Å². The Bertz CT molecular complexity index is 1220. The van der Waals surface area contributed by atoms with Crippen molar-refractivity contribution in [2.24, 2.45) is 0 Å². The molecule has 2 aliphatic carbocycles. The molecule has 56 heavy (non-hydrogen) atoms. The second-order valence-corrected chi connectivity index (χ2v) is 37.5. The van der Waals surface area contributed by atoms with Crippen LogP contribution < -0.4 is 0 Å². The van der Waals surface area contributed by atoms with E-state index in [2.05, 4.69) is 156 Å². The molecule has 8 atom stereocenters. The lowest BCUT2D eigenvalue weighted by Crippen LogP contribution is -2.33. The number of rotatable bonds is 0. The molecular formula is C44H76B4O4P4. The largest absolute Gasteiger partial charge is 0.366 e. The third-order valence-electron chi connectivity index (χ3n) is 12.7. The quantitative estimate of drug-likeness (QED) is 0.138. The SMILES string of the molecule is [B-][P+]1(C(C)(C)C)CCOC2/C=C\C=C/C(/C=C\2)OCC[P+]([B-])(C(C)(C)C)CC[P+]([B-])(C(C)(C)C)CCOC2/C=C\C=C/C(/C=C\2)OCC[P+]([B-])(C(C)(C)C)CC1. The maximum atomic E-state index is 7.46. The van der Waals surface area contributed by atoms with Crippen LogP contribution in [0.4, 0.5) is 0 Å². The molecule has 1 heterocycles. The summed E-state index contributed by atoms with van der Waals surface area (Å²) in [5.74, 6) is 0. The smallest absolute Gasteiger partial charge is 0.0943 e. The number of fused-ring (bicyclic) bond motifs is 4. The third kappa shape index (κ3) is 14.7. The maximum Gasteiger partial charge on any atom is 0.0943 e. The van der Waals surface area contributed by atoms with Gasteiger partial charge in [0, 0.05) is 69.9 Å². The van der Waals surface area contributed by atoms with Crippen molar-refractivity contribution >= 4 is 58.8 Å². The number of hydrogen-bond acceptors (Lipinski definition) is 4. The van der Waals surface area contributed by atoms with Crippen LogP contribution in [-0.4, -0.2) is 151 Å². The summed E-state index contributed by atoms with van der Waals surface area (Å²) in [6.45, 7) is 29.8. The number of allylic oxidation sites excluding steroid dienone is 4. The maximum absolute atomic E-state index is 7.46. The molecule has 8 unspecified atom stereocenters. The van der Waals surface area contributed by atoms with Crippen LogP contribution in [0.25, 0.3) is 0 Å². The van der Waals surface area contributed by atoms with Crippen molar-refractivity contribution in [2.75, 3.05) is 75.7 Å². The van der Waals surface area contributed by atoms with Crippen LogP contribution >= 0.6 is 28.6 Å². The van der Waals surface area contributed by atoms with E-state index in [1.54, 1.807) is 0 Å². The van der Waals surface area contributed by atoms with E-state index in [1.807, 2.05) is 0 Å². The summed E-state index contributed by atoms with van der Waals surface area (Å²) in [7, 11) is 22.1. The molecule has 0 aromatic heterocycles. The van der Waals surface area contributed by atoms with E-state index in [4.69, 9.17) is 49.2 Å². The average Bonchev–Trinajstić information content (AvgIpc) is 3.04. The topological polar surface area (TPSA) is 36.9 Å². The van der Waals surface area contributed by atoms with Crippen molar-refractivity contribution in [1.29, 1.82) is 0 Å². The molecule has 0 N–H and O–H groups in total. The van der Waals surface area contributed by atoms with Crippen LogP contribution in [0.2, 0.25) is 0 Å². The van der Waals surface area contributed by atoms with E-state index in [0.717, 1.165) is 49.3 Å². The van der Waals surface area contributed by atoms with Gasteiger partial charge in [0.25, 0.3) is 0 Å². The number of ether oxygens (including phenoxy) is 4. The van der Waals surface area contributed by atoms with Crippen molar-refractivity contribution < 1.29 is 18.9 Å². The van der Waals surface area contributed by atoms with Gasteiger partial charge < -0.3 is 49.2 Å². The van der Waals surface area contributed by atoms with Crippen LogP contribution in [0.3, 0.4) is 0 Å².